The van der Waals surface area contributed by atoms with Crippen LogP contribution in [0.25, 0.3) is 0 Å². The van der Waals surface area contributed by atoms with Crippen LogP contribution >= 0.6 is 0 Å². The van der Waals surface area contributed by atoms with Crippen LogP contribution in [0.3, 0.4) is 0 Å². The van der Waals surface area contributed by atoms with E-state index in [0.29, 0.717) is 13.2 Å². The molecule has 18 heavy (non-hydrogen) atoms. The first-order valence-electron chi connectivity index (χ1n) is 6.20. The molecule has 0 saturated heterocycles. The summed E-state index contributed by atoms with van der Waals surface area (Å²) < 4.78 is 4.95. The maximum Gasteiger partial charge on any atom is 0.320 e. The molecule has 1 rings (SSSR count). The van der Waals surface area contributed by atoms with E-state index in [1.165, 1.54) is 0 Å². The molecule has 0 radical (unpaired) electrons. The van der Waals surface area contributed by atoms with Gasteiger partial charge in [0.25, 0.3) is 0 Å². The van der Waals surface area contributed by atoms with Crippen molar-refractivity contribution in [3.8, 4) is 5.75 Å². The van der Waals surface area contributed by atoms with Crippen molar-refractivity contribution < 1.29 is 14.6 Å². The van der Waals surface area contributed by atoms with Crippen LogP contribution in [0.5, 0.6) is 5.75 Å². The summed E-state index contributed by atoms with van der Waals surface area (Å²) >= 11 is 0. The van der Waals surface area contributed by atoms with Gasteiger partial charge in [-0.3, -0.25) is 9.69 Å². The van der Waals surface area contributed by atoms with E-state index in [9.17, 15) is 9.90 Å². The zero-order valence-electron chi connectivity index (χ0n) is 11.2. The fourth-order valence-electron chi connectivity index (χ4n) is 1.68. The molecule has 1 aromatic carbocycles. The summed E-state index contributed by atoms with van der Waals surface area (Å²) in [6.45, 7) is 7.14. The van der Waals surface area contributed by atoms with E-state index in [1.807, 2.05) is 24.8 Å². The van der Waals surface area contributed by atoms with Gasteiger partial charge in [0.05, 0.1) is 13.2 Å². The number of phenols is 1. The van der Waals surface area contributed by atoms with Crippen molar-refractivity contribution in [2.24, 2.45) is 0 Å². The van der Waals surface area contributed by atoms with Crippen LogP contribution in [0.4, 0.5) is 0 Å². The SMILES string of the molecule is CCOC(=O)CN(Cc1cccc(O)c1)C(C)C. The molecule has 100 valence electrons. The highest BCUT2D eigenvalue weighted by Gasteiger charge is 2.15. The molecule has 0 aliphatic rings. The molecular formula is C14H21NO3. The lowest BCUT2D eigenvalue weighted by atomic mass is 10.2. The van der Waals surface area contributed by atoms with E-state index >= 15 is 0 Å². The van der Waals surface area contributed by atoms with Gasteiger partial charge in [0.15, 0.2) is 0 Å². The van der Waals surface area contributed by atoms with E-state index in [-0.39, 0.29) is 24.3 Å². The third-order valence-corrected chi connectivity index (χ3v) is 2.66. The number of rotatable bonds is 6. The summed E-state index contributed by atoms with van der Waals surface area (Å²) in [4.78, 5) is 13.5. The lowest BCUT2D eigenvalue weighted by Gasteiger charge is -2.25. The molecule has 0 aliphatic carbocycles. The summed E-state index contributed by atoms with van der Waals surface area (Å²) in [6.07, 6.45) is 0. The fourth-order valence-corrected chi connectivity index (χ4v) is 1.68. The van der Waals surface area contributed by atoms with Crippen LogP contribution in [0, 0.1) is 0 Å². The Balaban J connectivity index is 2.66. The zero-order chi connectivity index (χ0) is 13.5. The maximum atomic E-state index is 11.5. The van der Waals surface area contributed by atoms with Crippen LogP contribution in [-0.2, 0) is 16.1 Å². The Hall–Kier alpha value is -1.55. The summed E-state index contributed by atoms with van der Waals surface area (Å²) in [5.41, 5.74) is 0.980. The minimum Gasteiger partial charge on any atom is -0.508 e. The monoisotopic (exact) mass is 251 g/mol. The number of carbonyl (C=O) groups excluding carboxylic acids is 1. The first kappa shape index (κ1) is 14.5. The minimum absolute atomic E-state index is 0.216. The third-order valence-electron chi connectivity index (χ3n) is 2.66. The molecule has 0 unspecified atom stereocenters. The van der Waals surface area contributed by atoms with E-state index in [4.69, 9.17) is 4.74 Å². The first-order valence-corrected chi connectivity index (χ1v) is 6.20. The fraction of sp³-hybridized carbons (Fsp3) is 0.500. The van der Waals surface area contributed by atoms with Crippen molar-refractivity contribution in [1.82, 2.24) is 4.90 Å². The highest BCUT2D eigenvalue weighted by Crippen LogP contribution is 2.14. The van der Waals surface area contributed by atoms with Crippen molar-refractivity contribution in [3.63, 3.8) is 0 Å². The second-order valence-electron chi connectivity index (χ2n) is 4.47. The number of ether oxygens (including phenoxy) is 1. The van der Waals surface area contributed by atoms with Crippen LogP contribution in [-0.4, -0.2) is 35.2 Å². The van der Waals surface area contributed by atoms with Crippen molar-refractivity contribution in [3.05, 3.63) is 29.8 Å². The number of nitrogens with zero attached hydrogens (tertiary/aromatic N) is 1. The smallest absolute Gasteiger partial charge is 0.320 e. The Labute approximate surface area is 108 Å². The van der Waals surface area contributed by atoms with Gasteiger partial charge in [-0.1, -0.05) is 12.1 Å². The molecule has 4 heteroatoms. The van der Waals surface area contributed by atoms with Gasteiger partial charge >= 0.3 is 5.97 Å². The predicted octanol–water partition coefficient (Wildman–Crippen LogP) is 2.17. The van der Waals surface area contributed by atoms with Crippen molar-refractivity contribution in [2.75, 3.05) is 13.2 Å². The van der Waals surface area contributed by atoms with Crippen LogP contribution < -0.4 is 0 Å². The standard InChI is InChI=1S/C14H21NO3/c1-4-18-14(17)10-15(11(2)3)9-12-6-5-7-13(16)8-12/h5-8,11,16H,4,9-10H2,1-3H3. The molecule has 1 N–H and O–H groups in total. The Morgan fingerprint density at radius 1 is 1.44 bits per heavy atom. The van der Waals surface area contributed by atoms with Crippen LogP contribution in [0.1, 0.15) is 26.3 Å². The number of hydrogen-bond acceptors (Lipinski definition) is 4. The predicted molar refractivity (Wildman–Crippen MR) is 70.3 cm³/mol. The summed E-state index contributed by atoms with van der Waals surface area (Å²) in [5, 5.41) is 9.42. The highest BCUT2D eigenvalue weighted by atomic mass is 16.5. The Bertz CT molecular complexity index is 390. The molecule has 0 aromatic heterocycles. The van der Waals surface area contributed by atoms with Gasteiger partial charge in [-0.25, -0.2) is 0 Å². The molecule has 0 bridgehead atoms. The third kappa shape index (κ3) is 4.75. The Morgan fingerprint density at radius 2 is 2.17 bits per heavy atom. The van der Waals surface area contributed by atoms with Crippen molar-refractivity contribution in [2.45, 2.75) is 33.4 Å². The summed E-state index contributed by atoms with van der Waals surface area (Å²) in [5.74, 6) is 0.0266. The van der Waals surface area contributed by atoms with Gasteiger partial charge in [-0.2, -0.15) is 0 Å². The van der Waals surface area contributed by atoms with Gasteiger partial charge in [0.1, 0.15) is 5.75 Å². The summed E-state index contributed by atoms with van der Waals surface area (Å²) in [7, 11) is 0. The molecule has 0 heterocycles. The molecule has 1 aromatic rings. The van der Waals surface area contributed by atoms with E-state index < -0.39 is 0 Å². The maximum absolute atomic E-state index is 11.5. The molecule has 0 atom stereocenters. The van der Waals surface area contributed by atoms with Crippen molar-refractivity contribution >= 4 is 5.97 Å². The van der Waals surface area contributed by atoms with Gasteiger partial charge in [-0.15, -0.1) is 0 Å². The van der Waals surface area contributed by atoms with Gasteiger partial charge in [0, 0.05) is 12.6 Å². The van der Waals surface area contributed by atoms with Gasteiger partial charge < -0.3 is 9.84 Å². The highest BCUT2D eigenvalue weighted by molar-refractivity contribution is 5.71. The molecular weight excluding hydrogens is 230 g/mol. The van der Waals surface area contributed by atoms with Crippen LogP contribution in [0.2, 0.25) is 0 Å². The average Bonchev–Trinajstić information content (AvgIpc) is 2.28. The molecule has 0 fully saturated rings. The second kappa shape index (κ2) is 7.01. The number of phenolic OH excluding ortho intramolecular Hbond substituents is 1. The number of aromatic hydroxyl groups is 1. The minimum atomic E-state index is -0.216. The number of carbonyl (C=O) groups is 1. The topological polar surface area (TPSA) is 49.8 Å². The first-order chi connectivity index (χ1) is 8.52. The number of benzene rings is 1. The van der Waals surface area contributed by atoms with E-state index in [2.05, 4.69) is 0 Å². The van der Waals surface area contributed by atoms with Gasteiger partial charge in [0.2, 0.25) is 0 Å². The largest absolute Gasteiger partial charge is 0.508 e. The van der Waals surface area contributed by atoms with Crippen LogP contribution in [0.15, 0.2) is 24.3 Å². The molecule has 0 spiro atoms. The van der Waals surface area contributed by atoms with Gasteiger partial charge in [-0.05, 0) is 38.5 Å². The van der Waals surface area contributed by atoms with E-state index in [1.54, 1.807) is 25.1 Å². The number of hydrogen-bond donors (Lipinski definition) is 1. The normalized spacial score (nSPS) is 10.9. The Morgan fingerprint density at radius 3 is 2.72 bits per heavy atom. The molecule has 0 amide bonds. The lowest BCUT2D eigenvalue weighted by molar-refractivity contribution is -0.145. The van der Waals surface area contributed by atoms with E-state index in [0.717, 1.165) is 5.56 Å². The molecule has 0 aliphatic heterocycles. The average molecular weight is 251 g/mol. The zero-order valence-corrected chi connectivity index (χ0v) is 11.2. The summed E-state index contributed by atoms with van der Waals surface area (Å²) in [6, 6.07) is 7.31. The molecule has 4 nitrogen and oxygen atoms in total. The molecule has 0 saturated carbocycles. The Kier molecular flexibility index (Phi) is 5.65. The number of esters is 1. The van der Waals surface area contributed by atoms with Crippen molar-refractivity contribution in [1.29, 1.82) is 0 Å². The lowest BCUT2D eigenvalue weighted by Crippen LogP contribution is -2.35. The quantitative estimate of drug-likeness (QED) is 0.787. The second-order valence-corrected chi connectivity index (χ2v) is 4.47.